The summed E-state index contributed by atoms with van der Waals surface area (Å²) in [7, 11) is 1.72. The van der Waals surface area contributed by atoms with E-state index >= 15 is 0 Å². The summed E-state index contributed by atoms with van der Waals surface area (Å²) in [5.41, 5.74) is 9.00. The Morgan fingerprint density at radius 1 is 1.26 bits per heavy atom. The van der Waals surface area contributed by atoms with Crippen LogP contribution in [0.2, 0.25) is 0 Å². The predicted molar refractivity (Wildman–Crippen MR) is 113 cm³/mol. The number of aliphatic hydroxyl groups excluding tert-OH is 1. The van der Waals surface area contributed by atoms with Crippen molar-refractivity contribution in [3.05, 3.63) is 59.2 Å². The second-order valence-electron chi connectivity index (χ2n) is 7.62. The van der Waals surface area contributed by atoms with Crippen molar-refractivity contribution < 1.29 is 24.2 Å². The molecule has 9 heteroatoms. The molecule has 1 fully saturated rings. The topological polar surface area (TPSA) is 125 Å². The molecule has 2 aliphatic heterocycles. The van der Waals surface area contributed by atoms with E-state index in [1.807, 2.05) is 0 Å². The van der Waals surface area contributed by atoms with Gasteiger partial charge >= 0.3 is 0 Å². The van der Waals surface area contributed by atoms with Gasteiger partial charge in [-0.1, -0.05) is 12.1 Å². The number of carbonyl (C=O) groups is 3. The van der Waals surface area contributed by atoms with Crippen LogP contribution in [0.25, 0.3) is 0 Å². The van der Waals surface area contributed by atoms with Crippen molar-refractivity contribution in [2.75, 3.05) is 30.4 Å². The summed E-state index contributed by atoms with van der Waals surface area (Å²) >= 11 is 0. The molecule has 0 radical (unpaired) electrons. The van der Waals surface area contributed by atoms with Crippen molar-refractivity contribution in [2.45, 2.75) is 25.3 Å². The lowest BCUT2D eigenvalue weighted by atomic mass is 10.1. The Bertz CT molecular complexity index is 1020. The summed E-state index contributed by atoms with van der Waals surface area (Å²) in [5, 5.41) is 13.1. The average molecular weight is 424 g/mol. The lowest BCUT2D eigenvalue weighted by molar-refractivity contribution is -0.150. The third-order valence-electron chi connectivity index (χ3n) is 5.52. The molecule has 3 amide bonds. The van der Waals surface area contributed by atoms with E-state index in [-0.39, 0.29) is 19.1 Å². The highest BCUT2D eigenvalue weighted by Crippen LogP contribution is 2.28. The smallest absolute Gasteiger partial charge is 0.259 e. The second kappa shape index (κ2) is 8.46. The summed E-state index contributed by atoms with van der Waals surface area (Å²) in [6, 6.07) is 12.1. The number of aliphatic hydroxyl groups is 1. The van der Waals surface area contributed by atoms with Crippen LogP contribution < -0.4 is 16.0 Å². The van der Waals surface area contributed by atoms with Crippen LogP contribution in [0.15, 0.2) is 42.5 Å². The number of nitrogens with two attached hydrogens (primary N) is 1. The number of nitrogens with one attached hydrogen (secondary N) is 1. The largest absolute Gasteiger partial charge is 0.380 e. The monoisotopic (exact) mass is 424 g/mol. The molecule has 4 N–H and O–H groups in total. The maximum absolute atomic E-state index is 13.0. The highest BCUT2D eigenvalue weighted by molar-refractivity contribution is 6.04. The zero-order valence-electron chi connectivity index (χ0n) is 17.1. The highest BCUT2D eigenvalue weighted by Gasteiger charge is 2.39. The fraction of sp³-hybridized carbons (Fsp3) is 0.318. The van der Waals surface area contributed by atoms with Crippen molar-refractivity contribution in [3.8, 4) is 0 Å². The molecule has 9 nitrogen and oxygen atoms in total. The number of fused-ring (bicyclic) bond motifs is 1. The fourth-order valence-electron chi connectivity index (χ4n) is 3.79. The summed E-state index contributed by atoms with van der Waals surface area (Å²) in [4.78, 5) is 40.7. The number of nitrogens with zero attached hydrogens (tertiary/aromatic N) is 2. The van der Waals surface area contributed by atoms with Crippen LogP contribution >= 0.6 is 0 Å². The van der Waals surface area contributed by atoms with Gasteiger partial charge in [0.25, 0.3) is 17.7 Å². The van der Waals surface area contributed by atoms with E-state index in [4.69, 9.17) is 10.5 Å². The molecule has 0 bridgehead atoms. The number of rotatable bonds is 5. The van der Waals surface area contributed by atoms with Gasteiger partial charge in [0.05, 0.1) is 6.61 Å². The van der Waals surface area contributed by atoms with E-state index in [1.165, 1.54) is 4.90 Å². The lowest BCUT2D eigenvalue weighted by Gasteiger charge is -2.34. The molecule has 31 heavy (non-hydrogen) atoms. The van der Waals surface area contributed by atoms with Crippen molar-refractivity contribution in [3.63, 3.8) is 0 Å². The Hall–Kier alpha value is -3.27. The van der Waals surface area contributed by atoms with E-state index in [1.54, 1.807) is 54.4 Å². The van der Waals surface area contributed by atoms with Gasteiger partial charge in [0.1, 0.15) is 0 Å². The zero-order valence-corrected chi connectivity index (χ0v) is 17.1. The molecular weight excluding hydrogens is 400 g/mol. The Labute approximate surface area is 179 Å². The lowest BCUT2D eigenvalue weighted by Crippen LogP contribution is -2.55. The first-order chi connectivity index (χ1) is 14.9. The minimum atomic E-state index is -1.67. The van der Waals surface area contributed by atoms with Gasteiger partial charge in [-0.05, 0) is 41.5 Å². The summed E-state index contributed by atoms with van der Waals surface area (Å²) in [5.74, 6) is -1.30. The number of amides is 3. The molecule has 2 atom stereocenters. The molecule has 162 valence electrons. The number of hydrogen-bond donors (Lipinski definition) is 3. The molecule has 0 aromatic heterocycles. The Morgan fingerprint density at radius 2 is 2.00 bits per heavy atom. The van der Waals surface area contributed by atoms with Gasteiger partial charge in [0.15, 0.2) is 12.2 Å². The third kappa shape index (κ3) is 4.02. The second-order valence-corrected chi connectivity index (χ2v) is 7.62. The predicted octanol–water partition coefficient (Wildman–Crippen LogP) is 0.462. The minimum absolute atomic E-state index is 0.0562. The number of benzene rings is 2. The van der Waals surface area contributed by atoms with Crippen LogP contribution in [0.1, 0.15) is 21.5 Å². The molecular formula is C22H24N4O5. The highest BCUT2D eigenvalue weighted by atomic mass is 16.5. The quantitative estimate of drug-likeness (QED) is 0.641. The van der Waals surface area contributed by atoms with Gasteiger partial charge in [-0.15, -0.1) is 0 Å². The first-order valence-electron chi connectivity index (χ1n) is 9.98. The van der Waals surface area contributed by atoms with E-state index in [9.17, 15) is 19.5 Å². The van der Waals surface area contributed by atoms with Crippen molar-refractivity contribution >= 4 is 29.1 Å². The Morgan fingerprint density at radius 3 is 2.71 bits per heavy atom. The Balaban J connectivity index is 1.47. The molecule has 2 heterocycles. The normalized spacial score (nSPS) is 19.4. The molecule has 0 aliphatic carbocycles. The minimum Gasteiger partial charge on any atom is -0.380 e. The number of carbonyl (C=O) groups excluding carboxylic acids is 3. The van der Waals surface area contributed by atoms with Crippen LogP contribution in [0, 0.1) is 0 Å². The SMILES string of the molecule is CN1Cc2cc(N3CCO[C@H](C(O)C(=O)Nc4ccc(CN)cc4)C3=O)ccc2C1=O. The van der Waals surface area contributed by atoms with Gasteiger partial charge < -0.3 is 30.7 Å². The number of hydrogen-bond acceptors (Lipinski definition) is 6. The average Bonchev–Trinajstić information content (AvgIpc) is 3.06. The molecule has 0 saturated carbocycles. The molecule has 1 unspecified atom stereocenters. The molecule has 4 rings (SSSR count). The van der Waals surface area contributed by atoms with Crippen LogP contribution in [-0.2, 0) is 27.4 Å². The van der Waals surface area contributed by atoms with Gasteiger partial charge in [-0.25, -0.2) is 0 Å². The first-order valence-corrected chi connectivity index (χ1v) is 9.98. The summed E-state index contributed by atoms with van der Waals surface area (Å²) in [6.45, 7) is 1.30. The standard InChI is InChI=1S/C22H24N4O5/c1-25-12-14-10-16(6-7-17(14)21(25)29)26-8-9-31-19(22(26)30)18(27)20(28)24-15-4-2-13(11-23)3-5-15/h2-7,10,18-19,27H,8-9,11-12,23H2,1H3,(H,24,28)/t18?,19-/m1/s1. The van der Waals surface area contributed by atoms with E-state index in [0.29, 0.717) is 30.0 Å². The van der Waals surface area contributed by atoms with Crippen LogP contribution in [0.4, 0.5) is 11.4 Å². The molecule has 2 aromatic rings. The van der Waals surface area contributed by atoms with Gasteiger partial charge in [0.2, 0.25) is 0 Å². The maximum atomic E-state index is 13.0. The van der Waals surface area contributed by atoms with Crippen LogP contribution in [0.5, 0.6) is 0 Å². The maximum Gasteiger partial charge on any atom is 0.259 e. The number of ether oxygens (including phenoxy) is 1. The number of morpholine rings is 1. The molecule has 2 aromatic carbocycles. The van der Waals surface area contributed by atoms with Gasteiger partial charge in [-0.2, -0.15) is 0 Å². The van der Waals surface area contributed by atoms with E-state index < -0.39 is 24.0 Å². The number of anilines is 2. The molecule has 2 aliphatic rings. The zero-order chi connectivity index (χ0) is 22.1. The van der Waals surface area contributed by atoms with E-state index in [2.05, 4.69) is 5.32 Å². The van der Waals surface area contributed by atoms with Crippen molar-refractivity contribution in [1.29, 1.82) is 0 Å². The fourth-order valence-corrected chi connectivity index (χ4v) is 3.79. The summed E-state index contributed by atoms with van der Waals surface area (Å²) < 4.78 is 5.44. The van der Waals surface area contributed by atoms with Crippen molar-refractivity contribution in [1.82, 2.24) is 4.90 Å². The van der Waals surface area contributed by atoms with Gasteiger partial charge in [0, 0.05) is 43.6 Å². The Kier molecular flexibility index (Phi) is 5.73. The summed E-state index contributed by atoms with van der Waals surface area (Å²) in [6.07, 6.45) is -3.00. The molecule has 0 spiro atoms. The van der Waals surface area contributed by atoms with Crippen LogP contribution in [0.3, 0.4) is 0 Å². The van der Waals surface area contributed by atoms with Crippen LogP contribution in [-0.4, -0.2) is 60.1 Å². The first kappa shape index (κ1) is 21.0. The van der Waals surface area contributed by atoms with E-state index in [0.717, 1.165) is 11.1 Å². The third-order valence-corrected chi connectivity index (χ3v) is 5.52. The van der Waals surface area contributed by atoms with Gasteiger partial charge in [-0.3, -0.25) is 14.4 Å². The molecule has 1 saturated heterocycles. The van der Waals surface area contributed by atoms with Crippen molar-refractivity contribution in [2.24, 2.45) is 5.73 Å².